The summed E-state index contributed by atoms with van der Waals surface area (Å²) in [4.78, 5) is 28.9. The third kappa shape index (κ3) is 2.57. The number of hydrogen-bond donors (Lipinski definition) is 2. The topological polar surface area (TPSA) is 82.5 Å². The van der Waals surface area contributed by atoms with E-state index in [0.717, 1.165) is 30.6 Å². The minimum atomic E-state index is -0.863. The zero-order valence-corrected chi connectivity index (χ0v) is 12.0. The predicted molar refractivity (Wildman–Crippen MR) is 77.0 cm³/mol. The van der Waals surface area contributed by atoms with Gasteiger partial charge in [0.1, 0.15) is 0 Å². The van der Waals surface area contributed by atoms with Gasteiger partial charge in [0.2, 0.25) is 5.91 Å². The predicted octanol–water partition coefficient (Wildman–Crippen LogP) is 2.11. The van der Waals surface area contributed by atoms with Gasteiger partial charge < -0.3 is 15.3 Å². The van der Waals surface area contributed by atoms with E-state index in [2.05, 4.69) is 10.3 Å². The van der Waals surface area contributed by atoms with E-state index in [9.17, 15) is 9.59 Å². The number of pyridine rings is 1. The Labute approximate surface area is 123 Å². The first-order valence-electron chi connectivity index (χ1n) is 7.22. The van der Waals surface area contributed by atoms with Crippen LogP contribution in [-0.2, 0) is 4.79 Å². The summed E-state index contributed by atoms with van der Waals surface area (Å²) in [5.74, 6) is 0.0444. The first-order valence-corrected chi connectivity index (χ1v) is 7.22. The van der Waals surface area contributed by atoms with Crippen LogP contribution in [0.1, 0.15) is 25.0 Å². The summed E-state index contributed by atoms with van der Waals surface area (Å²) in [6.45, 7) is 2.93. The zero-order valence-electron chi connectivity index (χ0n) is 12.0. The highest BCUT2D eigenvalue weighted by Gasteiger charge is 2.58. The molecule has 6 nitrogen and oxygen atoms in total. The Bertz CT molecular complexity index is 579. The summed E-state index contributed by atoms with van der Waals surface area (Å²) in [5.41, 5.74) is 1.58. The van der Waals surface area contributed by atoms with E-state index >= 15 is 0 Å². The lowest BCUT2D eigenvalue weighted by Gasteiger charge is -2.30. The highest BCUT2D eigenvalue weighted by molar-refractivity contribution is 5.95. The average Bonchev–Trinajstić information content (AvgIpc) is 3.16. The smallest absolute Gasteiger partial charge is 0.407 e. The molecule has 1 spiro atoms. The van der Waals surface area contributed by atoms with Crippen LogP contribution in [-0.4, -0.2) is 40.1 Å². The molecule has 1 aliphatic carbocycles. The number of carbonyl (C=O) groups excluding carboxylic acids is 1. The van der Waals surface area contributed by atoms with Gasteiger partial charge in [-0.3, -0.25) is 9.78 Å². The molecule has 1 atom stereocenters. The van der Waals surface area contributed by atoms with E-state index in [0.29, 0.717) is 13.1 Å². The monoisotopic (exact) mass is 289 g/mol. The lowest BCUT2D eigenvalue weighted by Crippen LogP contribution is -2.39. The minimum absolute atomic E-state index is 0.00745. The summed E-state index contributed by atoms with van der Waals surface area (Å²) < 4.78 is 0. The average molecular weight is 289 g/mol. The Morgan fingerprint density at radius 3 is 2.76 bits per heavy atom. The standard InChI is InChI=1S/C15H19N3O3/c1-10-12(3-2-6-16-10)17-13(19)11-9-15(11)4-7-18(8-5-15)14(20)21/h2-3,6,11H,4-5,7-9H2,1H3,(H,17,19)(H,20,21). The lowest BCUT2D eigenvalue weighted by molar-refractivity contribution is -0.118. The molecule has 1 saturated heterocycles. The number of anilines is 1. The summed E-state index contributed by atoms with van der Waals surface area (Å²) in [6.07, 6.45) is 3.27. The minimum Gasteiger partial charge on any atom is -0.465 e. The molecule has 112 valence electrons. The molecule has 0 aromatic carbocycles. The molecule has 0 radical (unpaired) electrons. The molecule has 1 saturated carbocycles. The maximum atomic E-state index is 12.3. The van der Waals surface area contributed by atoms with Crippen LogP contribution in [0.25, 0.3) is 0 Å². The van der Waals surface area contributed by atoms with Crippen LogP contribution in [0.3, 0.4) is 0 Å². The molecule has 2 heterocycles. The maximum Gasteiger partial charge on any atom is 0.407 e. The fourth-order valence-electron chi connectivity index (χ4n) is 3.25. The highest BCUT2D eigenvalue weighted by atomic mass is 16.4. The number of carboxylic acid groups (broad SMARTS) is 1. The SMILES string of the molecule is Cc1ncccc1NC(=O)C1CC12CCN(C(=O)O)CC2. The quantitative estimate of drug-likeness (QED) is 0.873. The van der Waals surface area contributed by atoms with Gasteiger partial charge in [-0.25, -0.2) is 4.79 Å². The second-order valence-corrected chi connectivity index (χ2v) is 6.01. The first kappa shape index (κ1) is 13.9. The van der Waals surface area contributed by atoms with Crippen molar-refractivity contribution in [1.82, 2.24) is 9.88 Å². The molecular weight excluding hydrogens is 270 g/mol. The van der Waals surface area contributed by atoms with E-state index in [1.165, 1.54) is 4.90 Å². The fraction of sp³-hybridized carbons (Fsp3) is 0.533. The molecule has 21 heavy (non-hydrogen) atoms. The van der Waals surface area contributed by atoms with Gasteiger partial charge in [-0.2, -0.15) is 0 Å². The number of likely N-dealkylation sites (tertiary alicyclic amines) is 1. The van der Waals surface area contributed by atoms with Gasteiger partial charge in [-0.05, 0) is 43.7 Å². The number of carbonyl (C=O) groups is 2. The summed E-state index contributed by atoms with van der Waals surface area (Å²) in [7, 11) is 0. The summed E-state index contributed by atoms with van der Waals surface area (Å²) in [5, 5.41) is 11.9. The summed E-state index contributed by atoms with van der Waals surface area (Å²) in [6, 6.07) is 3.65. The first-order chi connectivity index (χ1) is 10.0. The van der Waals surface area contributed by atoms with Crippen LogP contribution < -0.4 is 5.32 Å². The maximum absolute atomic E-state index is 12.3. The second kappa shape index (κ2) is 5.02. The van der Waals surface area contributed by atoms with Gasteiger partial charge in [0.15, 0.2) is 0 Å². The van der Waals surface area contributed by atoms with E-state index in [4.69, 9.17) is 5.11 Å². The Kier molecular flexibility index (Phi) is 3.31. The molecule has 1 aliphatic heterocycles. The van der Waals surface area contributed by atoms with Crippen LogP contribution in [0.2, 0.25) is 0 Å². The Morgan fingerprint density at radius 1 is 1.43 bits per heavy atom. The van der Waals surface area contributed by atoms with Gasteiger partial charge in [0.05, 0.1) is 11.4 Å². The van der Waals surface area contributed by atoms with Crippen molar-refractivity contribution in [2.24, 2.45) is 11.3 Å². The molecule has 2 fully saturated rings. The normalized spacial score (nSPS) is 22.9. The molecule has 3 rings (SSSR count). The molecule has 2 aliphatic rings. The van der Waals surface area contributed by atoms with Gasteiger partial charge in [-0.15, -0.1) is 0 Å². The molecule has 1 aromatic heterocycles. The lowest BCUT2D eigenvalue weighted by atomic mass is 9.91. The Morgan fingerprint density at radius 2 is 2.14 bits per heavy atom. The van der Waals surface area contributed by atoms with Gasteiger partial charge in [0, 0.05) is 25.2 Å². The van der Waals surface area contributed by atoms with Gasteiger partial charge in [0.25, 0.3) is 0 Å². The summed E-state index contributed by atoms with van der Waals surface area (Å²) >= 11 is 0. The number of aromatic nitrogens is 1. The Hall–Kier alpha value is -2.11. The van der Waals surface area contributed by atoms with Crippen LogP contribution in [0.15, 0.2) is 18.3 Å². The van der Waals surface area contributed by atoms with Crippen LogP contribution >= 0.6 is 0 Å². The number of amides is 2. The number of rotatable bonds is 2. The Balaban J connectivity index is 1.59. The molecule has 2 N–H and O–H groups in total. The van der Waals surface area contributed by atoms with Gasteiger partial charge in [-0.1, -0.05) is 0 Å². The van der Waals surface area contributed by atoms with Crippen molar-refractivity contribution in [1.29, 1.82) is 0 Å². The van der Waals surface area contributed by atoms with Crippen molar-refractivity contribution in [2.45, 2.75) is 26.2 Å². The number of piperidine rings is 1. The molecule has 2 amide bonds. The van der Waals surface area contributed by atoms with Crippen LogP contribution in [0, 0.1) is 18.3 Å². The number of aryl methyl sites for hydroxylation is 1. The zero-order chi connectivity index (χ0) is 15.0. The van der Waals surface area contributed by atoms with Crippen LogP contribution in [0.4, 0.5) is 10.5 Å². The van der Waals surface area contributed by atoms with Crippen molar-refractivity contribution in [2.75, 3.05) is 18.4 Å². The molecule has 1 unspecified atom stereocenters. The van der Waals surface area contributed by atoms with Gasteiger partial charge >= 0.3 is 6.09 Å². The largest absolute Gasteiger partial charge is 0.465 e. The second-order valence-electron chi connectivity index (χ2n) is 6.01. The van der Waals surface area contributed by atoms with Crippen molar-refractivity contribution >= 4 is 17.7 Å². The fourth-order valence-corrected chi connectivity index (χ4v) is 3.25. The van der Waals surface area contributed by atoms with Crippen molar-refractivity contribution in [3.63, 3.8) is 0 Å². The third-order valence-corrected chi connectivity index (χ3v) is 4.80. The van der Waals surface area contributed by atoms with E-state index in [1.807, 2.05) is 13.0 Å². The third-order valence-electron chi connectivity index (χ3n) is 4.80. The van der Waals surface area contributed by atoms with Crippen molar-refractivity contribution in [3.05, 3.63) is 24.0 Å². The molecular formula is C15H19N3O3. The van der Waals surface area contributed by atoms with E-state index in [-0.39, 0.29) is 17.2 Å². The van der Waals surface area contributed by atoms with E-state index < -0.39 is 6.09 Å². The van der Waals surface area contributed by atoms with E-state index in [1.54, 1.807) is 12.3 Å². The van der Waals surface area contributed by atoms with Crippen LogP contribution in [0.5, 0.6) is 0 Å². The molecule has 0 bridgehead atoms. The molecule has 6 heteroatoms. The number of nitrogens with zero attached hydrogens (tertiary/aromatic N) is 2. The number of nitrogens with one attached hydrogen (secondary N) is 1. The highest BCUT2D eigenvalue weighted by Crippen LogP contribution is 2.59. The van der Waals surface area contributed by atoms with Crippen molar-refractivity contribution < 1.29 is 14.7 Å². The van der Waals surface area contributed by atoms with Crippen molar-refractivity contribution in [3.8, 4) is 0 Å². The molecule has 1 aromatic rings. The number of hydrogen-bond acceptors (Lipinski definition) is 3.